The molecule has 32 heavy (non-hydrogen) atoms. The molecular formula is C23H23F2N5O2. The molecule has 9 heteroatoms. The highest BCUT2D eigenvalue weighted by molar-refractivity contribution is 5.98. The fourth-order valence-corrected chi connectivity index (χ4v) is 4.54. The van der Waals surface area contributed by atoms with Gasteiger partial charge in [0.15, 0.2) is 11.6 Å². The van der Waals surface area contributed by atoms with Crippen LogP contribution in [0.25, 0.3) is 27.7 Å². The van der Waals surface area contributed by atoms with Crippen molar-refractivity contribution in [3.8, 4) is 22.6 Å². The molecule has 7 nitrogen and oxygen atoms in total. The molecule has 0 aliphatic carbocycles. The number of halogens is 2. The van der Waals surface area contributed by atoms with E-state index in [9.17, 15) is 9.50 Å². The summed E-state index contributed by atoms with van der Waals surface area (Å²) in [6.45, 7) is 5.85. The Kier molecular flexibility index (Phi) is 4.49. The molecule has 0 atom stereocenters. The number of nitrogens with zero attached hydrogens (tertiary/aromatic N) is 4. The average Bonchev–Trinajstić information content (AvgIpc) is 3.32. The number of aryl methyl sites for hydroxylation is 1. The lowest BCUT2D eigenvalue weighted by Crippen LogP contribution is -2.36. The van der Waals surface area contributed by atoms with Crippen LogP contribution in [0.3, 0.4) is 0 Å². The molecule has 0 unspecified atom stereocenters. The summed E-state index contributed by atoms with van der Waals surface area (Å²) in [7, 11) is 1.46. The monoisotopic (exact) mass is 439 g/mol. The number of methoxy groups -OCH3 is 1. The summed E-state index contributed by atoms with van der Waals surface area (Å²) in [5, 5.41) is 21.7. The van der Waals surface area contributed by atoms with Crippen LogP contribution in [0.4, 0.5) is 14.5 Å². The molecule has 2 aromatic heterocycles. The minimum atomic E-state index is -0.582. The van der Waals surface area contributed by atoms with Gasteiger partial charge >= 0.3 is 0 Å². The molecule has 166 valence electrons. The van der Waals surface area contributed by atoms with Crippen LogP contribution in [0, 0.1) is 18.6 Å². The van der Waals surface area contributed by atoms with Gasteiger partial charge < -0.3 is 19.7 Å². The summed E-state index contributed by atoms with van der Waals surface area (Å²) in [6, 6.07) is 6.19. The molecule has 3 heterocycles. The Labute approximate surface area is 183 Å². The smallest absolute Gasteiger partial charge is 0.162 e. The number of nitrogens with one attached hydrogen (secondary N) is 1. The number of aliphatic hydroxyl groups is 1. The van der Waals surface area contributed by atoms with Gasteiger partial charge in [0.2, 0.25) is 0 Å². The first-order chi connectivity index (χ1) is 15.3. The van der Waals surface area contributed by atoms with Gasteiger partial charge in [-0.05, 0) is 39.0 Å². The van der Waals surface area contributed by atoms with Crippen LogP contribution in [-0.4, -0.2) is 38.2 Å². The minimum absolute atomic E-state index is 0.0940. The van der Waals surface area contributed by atoms with Gasteiger partial charge in [-0.3, -0.25) is 4.57 Å². The summed E-state index contributed by atoms with van der Waals surface area (Å²) in [5.74, 6) is 0.333. The van der Waals surface area contributed by atoms with Crippen LogP contribution in [0.15, 0.2) is 30.5 Å². The Morgan fingerprint density at radius 1 is 1.19 bits per heavy atom. The van der Waals surface area contributed by atoms with E-state index >= 15 is 4.39 Å². The van der Waals surface area contributed by atoms with Crippen LogP contribution in [0.5, 0.6) is 5.75 Å². The largest absolute Gasteiger partial charge is 0.496 e. The van der Waals surface area contributed by atoms with Crippen molar-refractivity contribution in [2.24, 2.45) is 0 Å². The Hall–Kier alpha value is -3.46. The zero-order valence-corrected chi connectivity index (χ0v) is 18.2. The van der Waals surface area contributed by atoms with E-state index in [0.29, 0.717) is 40.3 Å². The maximum atomic E-state index is 16.3. The van der Waals surface area contributed by atoms with Gasteiger partial charge in [0.25, 0.3) is 0 Å². The molecule has 5 rings (SSSR count). The fourth-order valence-electron chi connectivity index (χ4n) is 4.54. The number of fused-ring (bicyclic) bond motifs is 4. The van der Waals surface area contributed by atoms with Gasteiger partial charge in [0.05, 0.1) is 36.0 Å². The molecule has 1 aliphatic rings. The van der Waals surface area contributed by atoms with Crippen LogP contribution >= 0.6 is 0 Å². The normalized spacial score (nSPS) is 14.2. The Balaban J connectivity index is 1.85. The molecule has 0 amide bonds. The second kappa shape index (κ2) is 7.03. The number of anilines is 1. The standard InChI is InChI=1S/C23H23F2N5O2/c1-12-27-28-22-23(2,3)26-16-11-18(32-4)19(20(25)21(16)30(12)22)15-9-13(24)10-17-14(15)5-6-29(17)7-8-31/h5-6,9-11,26,31H,7-8H2,1-4H3. The first-order valence-corrected chi connectivity index (χ1v) is 10.3. The molecule has 4 aromatic rings. The van der Waals surface area contributed by atoms with E-state index in [-0.39, 0.29) is 23.6 Å². The molecule has 0 saturated heterocycles. The Morgan fingerprint density at radius 3 is 2.69 bits per heavy atom. The van der Waals surface area contributed by atoms with Crippen molar-refractivity contribution in [3.05, 3.63) is 53.7 Å². The molecule has 2 N–H and O–H groups in total. The summed E-state index contributed by atoms with van der Waals surface area (Å²) in [6.07, 6.45) is 1.75. The van der Waals surface area contributed by atoms with Gasteiger partial charge in [-0.15, -0.1) is 10.2 Å². The quantitative estimate of drug-likeness (QED) is 0.500. The Morgan fingerprint density at radius 2 is 1.97 bits per heavy atom. The van der Waals surface area contributed by atoms with Gasteiger partial charge in [-0.2, -0.15) is 0 Å². The summed E-state index contributed by atoms with van der Waals surface area (Å²) < 4.78 is 40.0. The first kappa shape index (κ1) is 20.4. The van der Waals surface area contributed by atoms with Crippen molar-refractivity contribution in [2.75, 3.05) is 19.0 Å². The third kappa shape index (κ3) is 2.81. The van der Waals surface area contributed by atoms with Crippen LogP contribution in [-0.2, 0) is 12.1 Å². The molecule has 0 saturated carbocycles. The number of hydrogen-bond acceptors (Lipinski definition) is 5. The molecule has 0 spiro atoms. The van der Waals surface area contributed by atoms with Crippen molar-refractivity contribution < 1.29 is 18.6 Å². The zero-order valence-electron chi connectivity index (χ0n) is 18.2. The van der Waals surface area contributed by atoms with Crippen molar-refractivity contribution in [3.63, 3.8) is 0 Å². The van der Waals surface area contributed by atoms with E-state index in [0.717, 1.165) is 0 Å². The highest BCUT2D eigenvalue weighted by Gasteiger charge is 2.37. The van der Waals surface area contributed by atoms with E-state index in [4.69, 9.17) is 4.74 Å². The zero-order chi connectivity index (χ0) is 22.8. The minimum Gasteiger partial charge on any atom is -0.496 e. The lowest BCUT2D eigenvalue weighted by Gasteiger charge is -2.34. The number of benzene rings is 2. The number of aromatic nitrogens is 4. The second-order valence-electron chi connectivity index (χ2n) is 8.44. The van der Waals surface area contributed by atoms with E-state index in [1.54, 1.807) is 34.4 Å². The summed E-state index contributed by atoms with van der Waals surface area (Å²) in [5.41, 5.74) is 1.30. The maximum Gasteiger partial charge on any atom is 0.162 e. The van der Waals surface area contributed by atoms with E-state index < -0.39 is 17.2 Å². The third-order valence-electron chi connectivity index (χ3n) is 5.94. The lowest BCUT2D eigenvalue weighted by molar-refractivity contribution is 0.278. The second-order valence-corrected chi connectivity index (χ2v) is 8.44. The first-order valence-electron chi connectivity index (χ1n) is 10.3. The molecule has 0 bridgehead atoms. The van der Waals surface area contributed by atoms with Crippen LogP contribution in [0.2, 0.25) is 0 Å². The molecule has 0 radical (unpaired) electrons. The molecule has 2 aromatic carbocycles. The lowest BCUT2D eigenvalue weighted by atomic mass is 9.95. The maximum absolute atomic E-state index is 16.3. The number of aliphatic hydroxyl groups excluding tert-OH is 1. The number of rotatable bonds is 4. The van der Waals surface area contributed by atoms with E-state index in [2.05, 4.69) is 15.5 Å². The third-order valence-corrected chi connectivity index (χ3v) is 5.94. The summed E-state index contributed by atoms with van der Waals surface area (Å²) >= 11 is 0. The predicted molar refractivity (Wildman–Crippen MR) is 117 cm³/mol. The SMILES string of the molecule is COc1cc2c(c(F)c1-c1cc(F)cc3c1ccn3CCO)-n1c(C)nnc1C(C)(C)N2. The highest BCUT2D eigenvalue weighted by Crippen LogP contribution is 2.46. The average molecular weight is 439 g/mol. The van der Waals surface area contributed by atoms with Gasteiger partial charge in [-0.25, -0.2) is 8.78 Å². The van der Waals surface area contributed by atoms with E-state index in [1.807, 2.05) is 13.8 Å². The highest BCUT2D eigenvalue weighted by atomic mass is 19.1. The van der Waals surface area contributed by atoms with Gasteiger partial charge in [0.1, 0.15) is 23.1 Å². The van der Waals surface area contributed by atoms with Crippen molar-refractivity contribution in [1.82, 2.24) is 19.3 Å². The predicted octanol–water partition coefficient (Wildman–Crippen LogP) is 4.14. The van der Waals surface area contributed by atoms with E-state index in [1.165, 1.54) is 19.2 Å². The topological polar surface area (TPSA) is 77.1 Å². The van der Waals surface area contributed by atoms with Gasteiger partial charge in [-0.1, -0.05) is 0 Å². The van der Waals surface area contributed by atoms with Crippen LogP contribution < -0.4 is 10.1 Å². The molecule has 0 fully saturated rings. The van der Waals surface area contributed by atoms with Crippen molar-refractivity contribution in [2.45, 2.75) is 32.9 Å². The molecule has 1 aliphatic heterocycles. The van der Waals surface area contributed by atoms with Crippen molar-refractivity contribution in [1.29, 1.82) is 0 Å². The van der Waals surface area contributed by atoms with Gasteiger partial charge in [0, 0.05) is 29.8 Å². The van der Waals surface area contributed by atoms with Crippen LogP contribution in [0.1, 0.15) is 25.5 Å². The number of ether oxygens (including phenoxy) is 1. The van der Waals surface area contributed by atoms with Crippen molar-refractivity contribution >= 4 is 16.6 Å². The summed E-state index contributed by atoms with van der Waals surface area (Å²) in [4.78, 5) is 0. The number of hydrogen-bond donors (Lipinski definition) is 2. The molecular weight excluding hydrogens is 416 g/mol. The Bertz CT molecular complexity index is 1370. The fraction of sp³-hybridized carbons (Fsp3) is 0.304.